The van der Waals surface area contributed by atoms with Gasteiger partial charge in [-0.15, -0.1) is 0 Å². The fourth-order valence-corrected chi connectivity index (χ4v) is 4.51. The van der Waals surface area contributed by atoms with Crippen molar-refractivity contribution in [3.05, 3.63) is 63.7 Å². The van der Waals surface area contributed by atoms with Crippen molar-refractivity contribution >= 4 is 29.7 Å². The second-order valence-corrected chi connectivity index (χ2v) is 9.11. The molecule has 0 saturated carbocycles. The SMILES string of the molecule is COc1cc(/C=N\Nc2nc(N3CCCC3)nc(N3CCCC3)n2)c([N+](=O)[O-])cc1OCc1ccccc1. The van der Waals surface area contributed by atoms with Gasteiger partial charge in [0.1, 0.15) is 6.61 Å². The Morgan fingerprint density at radius 1 is 0.974 bits per heavy atom. The first-order chi connectivity index (χ1) is 18.6. The minimum atomic E-state index is -0.476. The lowest BCUT2D eigenvalue weighted by molar-refractivity contribution is -0.385. The van der Waals surface area contributed by atoms with Gasteiger partial charge in [-0.2, -0.15) is 20.1 Å². The minimum absolute atomic E-state index is 0.162. The van der Waals surface area contributed by atoms with Gasteiger partial charge in [-0.25, -0.2) is 5.43 Å². The lowest BCUT2D eigenvalue weighted by Gasteiger charge is -2.20. The van der Waals surface area contributed by atoms with Crippen LogP contribution >= 0.6 is 0 Å². The van der Waals surface area contributed by atoms with Crippen molar-refractivity contribution in [2.75, 3.05) is 48.5 Å². The van der Waals surface area contributed by atoms with Crippen LogP contribution in [-0.4, -0.2) is 59.4 Å². The van der Waals surface area contributed by atoms with Crippen molar-refractivity contribution in [1.82, 2.24) is 15.0 Å². The highest BCUT2D eigenvalue weighted by atomic mass is 16.6. The number of anilines is 3. The number of ether oxygens (including phenoxy) is 2. The van der Waals surface area contributed by atoms with Gasteiger partial charge in [0.2, 0.25) is 17.8 Å². The summed E-state index contributed by atoms with van der Waals surface area (Å²) in [6.45, 7) is 3.85. The monoisotopic (exact) mass is 518 g/mol. The Morgan fingerprint density at radius 3 is 2.18 bits per heavy atom. The summed E-state index contributed by atoms with van der Waals surface area (Å²) in [6.07, 6.45) is 5.76. The van der Waals surface area contributed by atoms with Crippen LogP contribution in [0, 0.1) is 10.1 Å². The zero-order valence-electron chi connectivity index (χ0n) is 21.2. The average Bonchev–Trinajstić information content (AvgIpc) is 3.67. The van der Waals surface area contributed by atoms with E-state index in [1.165, 1.54) is 25.5 Å². The average molecular weight is 519 g/mol. The number of nitrogens with zero attached hydrogens (tertiary/aromatic N) is 7. The summed E-state index contributed by atoms with van der Waals surface area (Å²) < 4.78 is 11.3. The van der Waals surface area contributed by atoms with Crippen LogP contribution in [0.1, 0.15) is 36.8 Å². The molecule has 0 radical (unpaired) electrons. The smallest absolute Gasteiger partial charge is 0.282 e. The highest BCUT2D eigenvalue weighted by Gasteiger charge is 2.22. The number of hydrogen-bond acceptors (Lipinski definition) is 11. The Balaban J connectivity index is 1.37. The fraction of sp³-hybridized carbons (Fsp3) is 0.385. The first-order valence-corrected chi connectivity index (χ1v) is 12.7. The van der Waals surface area contributed by atoms with Gasteiger partial charge in [0.25, 0.3) is 5.69 Å². The number of aromatic nitrogens is 3. The van der Waals surface area contributed by atoms with E-state index in [1.54, 1.807) is 0 Å². The van der Waals surface area contributed by atoms with Crippen molar-refractivity contribution in [3.63, 3.8) is 0 Å². The summed E-state index contributed by atoms with van der Waals surface area (Å²) in [5, 5.41) is 16.1. The lowest BCUT2D eigenvalue weighted by Crippen LogP contribution is -2.25. The van der Waals surface area contributed by atoms with E-state index >= 15 is 0 Å². The quantitative estimate of drug-likeness (QED) is 0.238. The standard InChI is InChI=1S/C26H30N8O4/c1-37-22-15-20(21(34(35)36)16-23(22)38-18-19-9-3-2-4-10-19)17-27-31-24-28-25(32-11-5-6-12-32)30-26(29-24)33-13-7-8-14-33/h2-4,9-10,15-17H,5-8,11-14,18H2,1H3,(H,28,29,30,31)/b27-17-. The van der Waals surface area contributed by atoms with Crippen LogP contribution < -0.4 is 24.7 Å². The normalized spacial score (nSPS) is 15.3. The molecule has 12 heteroatoms. The molecule has 2 fully saturated rings. The molecular weight excluding hydrogens is 488 g/mol. The fourth-order valence-electron chi connectivity index (χ4n) is 4.51. The van der Waals surface area contributed by atoms with Gasteiger partial charge in [-0.1, -0.05) is 30.3 Å². The maximum Gasteiger partial charge on any atom is 0.282 e. The summed E-state index contributed by atoms with van der Waals surface area (Å²) in [5.74, 6) is 2.16. The Labute approximate surface area is 220 Å². The third-order valence-corrected chi connectivity index (χ3v) is 6.50. The van der Waals surface area contributed by atoms with Gasteiger partial charge < -0.3 is 19.3 Å². The predicted octanol–water partition coefficient (Wildman–Crippen LogP) is 4.01. The van der Waals surface area contributed by atoms with Crippen LogP contribution in [0.2, 0.25) is 0 Å². The molecule has 0 spiro atoms. The Morgan fingerprint density at radius 2 is 1.61 bits per heavy atom. The summed E-state index contributed by atoms with van der Waals surface area (Å²) in [4.78, 5) is 29.4. The number of nitro benzene ring substituents is 1. The molecule has 0 aliphatic carbocycles. The Hall–Kier alpha value is -4.48. The Kier molecular flexibility index (Phi) is 7.76. The number of hydrogen-bond donors (Lipinski definition) is 1. The first-order valence-electron chi connectivity index (χ1n) is 12.7. The van der Waals surface area contributed by atoms with Crippen molar-refractivity contribution in [2.45, 2.75) is 32.3 Å². The van der Waals surface area contributed by atoms with E-state index in [2.05, 4.69) is 30.3 Å². The second kappa shape index (κ2) is 11.7. The number of nitrogens with one attached hydrogen (secondary N) is 1. The number of nitro groups is 1. The van der Waals surface area contributed by atoms with Crippen LogP contribution in [0.5, 0.6) is 11.5 Å². The molecule has 0 bridgehead atoms. The lowest BCUT2D eigenvalue weighted by atomic mass is 10.1. The highest BCUT2D eigenvalue weighted by Crippen LogP contribution is 2.34. The summed E-state index contributed by atoms with van der Waals surface area (Å²) >= 11 is 0. The molecule has 1 aromatic heterocycles. The van der Waals surface area contributed by atoms with E-state index in [0.29, 0.717) is 17.6 Å². The second-order valence-electron chi connectivity index (χ2n) is 9.11. The van der Waals surface area contributed by atoms with E-state index in [0.717, 1.165) is 57.4 Å². The number of rotatable bonds is 10. The van der Waals surface area contributed by atoms with Gasteiger partial charge in [-0.05, 0) is 37.3 Å². The molecule has 3 heterocycles. The zero-order chi connectivity index (χ0) is 26.3. The molecule has 5 rings (SSSR count). The minimum Gasteiger partial charge on any atom is -0.493 e. The maximum atomic E-state index is 11.8. The van der Waals surface area contributed by atoms with E-state index in [1.807, 2.05) is 30.3 Å². The third kappa shape index (κ3) is 5.90. The highest BCUT2D eigenvalue weighted by molar-refractivity contribution is 5.87. The predicted molar refractivity (Wildman–Crippen MR) is 144 cm³/mol. The largest absolute Gasteiger partial charge is 0.493 e. The van der Waals surface area contributed by atoms with E-state index < -0.39 is 4.92 Å². The number of benzene rings is 2. The molecule has 1 N–H and O–H groups in total. The molecule has 2 saturated heterocycles. The van der Waals surface area contributed by atoms with E-state index in [4.69, 9.17) is 14.5 Å². The molecular formula is C26H30N8O4. The molecule has 0 atom stereocenters. The van der Waals surface area contributed by atoms with Gasteiger partial charge in [0, 0.05) is 26.2 Å². The van der Waals surface area contributed by atoms with Gasteiger partial charge in [0.15, 0.2) is 11.5 Å². The number of hydrazone groups is 1. The summed E-state index contributed by atoms with van der Waals surface area (Å²) in [7, 11) is 1.49. The maximum absolute atomic E-state index is 11.8. The van der Waals surface area contributed by atoms with E-state index in [9.17, 15) is 10.1 Å². The molecule has 2 aromatic carbocycles. The van der Waals surface area contributed by atoms with Crippen molar-refractivity contribution in [3.8, 4) is 11.5 Å². The molecule has 2 aliphatic heterocycles. The molecule has 2 aliphatic rings. The van der Waals surface area contributed by atoms with Gasteiger partial charge in [-0.3, -0.25) is 10.1 Å². The van der Waals surface area contributed by atoms with Crippen LogP contribution in [0.4, 0.5) is 23.5 Å². The molecule has 198 valence electrons. The first kappa shape index (κ1) is 25.2. The van der Waals surface area contributed by atoms with Crippen molar-refractivity contribution in [2.24, 2.45) is 5.10 Å². The van der Waals surface area contributed by atoms with Crippen LogP contribution in [0.15, 0.2) is 47.6 Å². The van der Waals surface area contributed by atoms with Gasteiger partial charge >= 0.3 is 0 Å². The molecule has 3 aromatic rings. The number of methoxy groups -OCH3 is 1. The summed E-state index contributed by atoms with van der Waals surface area (Å²) in [5.41, 5.74) is 3.87. The molecule has 38 heavy (non-hydrogen) atoms. The molecule has 0 unspecified atom stereocenters. The van der Waals surface area contributed by atoms with Crippen molar-refractivity contribution in [1.29, 1.82) is 0 Å². The third-order valence-electron chi connectivity index (χ3n) is 6.50. The Bertz CT molecular complexity index is 1260. The molecule has 12 nitrogen and oxygen atoms in total. The van der Waals surface area contributed by atoms with Crippen molar-refractivity contribution < 1.29 is 14.4 Å². The molecule has 0 amide bonds. The van der Waals surface area contributed by atoms with Crippen LogP contribution in [0.3, 0.4) is 0 Å². The van der Waals surface area contributed by atoms with E-state index in [-0.39, 0.29) is 29.6 Å². The van der Waals surface area contributed by atoms with Crippen LogP contribution in [-0.2, 0) is 6.61 Å². The zero-order valence-corrected chi connectivity index (χ0v) is 21.2. The van der Waals surface area contributed by atoms with Gasteiger partial charge in [0.05, 0.1) is 29.9 Å². The topological polar surface area (TPSA) is 131 Å². The summed E-state index contributed by atoms with van der Waals surface area (Å²) in [6, 6.07) is 12.4. The van der Waals surface area contributed by atoms with Crippen LogP contribution in [0.25, 0.3) is 0 Å².